The zero-order valence-electron chi connectivity index (χ0n) is 13.0. The first-order chi connectivity index (χ1) is 11.2. The van der Waals surface area contributed by atoms with Gasteiger partial charge in [0, 0.05) is 0 Å². The van der Waals surface area contributed by atoms with Gasteiger partial charge in [-0.3, -0.25) is 4.99 Å². The monoisotopic (exact) mass is 307 g/mol. The van der Waals surface area contributed by atoms with Crippen molar-refractivity contribution >= 4 is 5.96 Å². The molecule has 0 bridgehead atoms. The van der Waals surface area contributed by atoms with Crippen LogP contribution in [-0.2, 0) is 5.60 Å². The molecule has 1 saturated heterocycles. The molecule has 4 nitrogen and oxygen atoms in total. The Morgan fingerprint density at radius 3 is 2.48 bits per heavy atom. The van der Waals surface area contributed by atoms with Crippen LogP contribution in [0.25, 0.3) is 11.1 Å². The fraction of sp³-hybridized carbons (Fsp3) is 0.316. The van der Waals surface area contributed by atoms with Gasteiger partial charge in [0.15, 0.2) is 5.96 Å². The first-order valence-corrected chi connectivity index (χ1v) is 8.11. The van der Waals surface area contributed by atoms with Gasteiger partial charge in [-0.1, -0.05) is 54.6 Å². The van der Waals surface area contributed by atoms with E-state index in [1.807, 2.05) is 30.3 Å². The number of hydrogen-bond acceptors (Lipinski definition) is 4. The molecule has 2 aromatic rings. The van der Waals surface area contributed by atoms with Crippen LogP contribution in [0.1, 0.15) is 18.4 Å². The number of guanidine groups is 1. The van der Waals surface area contributed by atoms with Crippen molar-refractivity contribution in [3.05, 3.63) is 60.2 Å². The standard InChI is InChI=1S/C19H21N3O/c20-18-21-12-17-10-11-19(23,13-22(17)18)16-8-6-15(7-9-16)14-4-2-1-3-5-14/h1-9,17,23H,10-13H2,(H2,20,21). The van der Waals surface area contributed by atoms with Crippen LogP contribution in [0.2, 0.25) is 0 Å². The summed E-state index contributed by atoms with van der Waals surface area (Å²) >= 11 is 0. The second kappa shape index (κ2) is 5.39. The minimum Gasteiger partial charge on any atom is -0.383 e. The zero-order chi connectivity index (χ0) is 15.9. The minimum atomic E-state index is -0.851. The van der Waals surface area contributed by atoms with E-state index in [-0.39, 0.29) is 0 Å². The Labute approximate surface area is 136 Å². The third-order valence-electron chi connectivity index (χ3n) is 5.05. The number of piperidine rings is 1. The predicted molar refractivity (Wildman–Crippen MR) is 92.0 cm³/mol. The van der Waals surface area contributed by atoms with E-state index in [2.05, 4.69) is 34.2 Å². The van der Waals surface area contributed by atoms with Crippen LogP contribution in [0.5, 0.6) is 0 Å². The molecule has 2 unspecified atom stereocenters. The maximum Gasteiger partial charge on any atom is 0.191 e. The molecule has 2 aliphatic rings. The van der Waals surface area contributed by atoms with Gasteiger partial charge in [-0.15, -0.1) is 0 Å². The number of rotatable bonds is 2. The number of benzene rings is 2. The lowest BCUT2D eigenvalue weighted by molar-refractivity contribution is -0.0286. The fourth-order valence-corrected chi connectivity index (χ4v) is 3.64. The Hall–Kier alpha value is -2.33. The molecular formula is C19H21N3O. The number of nitrogens with two attached hydrogens (primary N) is 1. The molecule has 2 heterocycles. The average Bonchev–Trinajstić information content (AvgIpc) is 2.96. The van der Waals surface area contributed by atoms with Gasteiger partial charge in [-0.05, 0) is 29.5 Å². The van der Waals surface area contributed by atoms with Crippen LogP contribution in [0.15, 0.2) is 59.6 Å². The van der Waals surface area contributed by atoms with Gasteiger partial charge in [0.25, 0.3) is 0 Å². The summed E-state index contributed by atoms with van der Waals surface area (Å²) in [6.07, 6.45) is 1.67. The van der Waals surface area contributed by atoms with E-state index in [0.29, 0.717) is 18.5 Å². The normalized spacial score (nSPS) is 26.7. The lowest BCUT2D eigenvalue weighted by Crippen LogP contribution is -2.53. The third-order valence-corrected chi connectivity index (χ3v) is 5.05. The van der Waals surface area contributed by atoms with Gasteiger partial charge in [-0.25, -0.2) is 0 Å². The van der Waals surface area contributed by atoms with Crippen molar-refractivity contribution in [2.24, 2.45) is 10.7 Å². The summed E-state index contributed by atoms with van der Waals surface area (Å²) in [5.41, 5.74) is 8.40. The number of aliphatic hydroxyl groups is 1. The maximum absolute atomic E-state index is 11.1. The summed E-state index contributed by atoms with van der Waals surface area (Å²) in [5, 5.41) is 11.1. The summed E-state index contributed by atoms with van der Waals surface area (Å²) in [6.45, 7) is 1.28. The molecule has 3 N–H and O–H groups in total. The third kappa shape index (κ3) is 2.49. The van der Waals surface area contributed by atoms with Crippen LogP contribution < -0.4 is 5.73 Å². The van der Waals surface area contributed by atoms with E-state index >= 15 is 0 Å². The molecule has 0 spiro atoms. The van der Waals surface area contributed by atoms with Gasteiger partial charge < -0.3 is 15.7 Å². The Morgan fingerprint density at radius 2 is 1.74 bits per heavy atom. The number of fused-ring (bicyclic) bond motifs is 1. The van der Waals surface area contributed by atoms with E-state index in [9.17, 15) is 5.11 Å². The van der Waals surface area contributed by atoms with Gasteiger partial charge in [-0.2, -0.15) is 0 Å². The summed E-state index contributed by atoms with van der Waals surface area (Å²) in [6, 6.07) is 18.9. The predicted octanol–water partition coefficient (Wildman–Crippen LogP) is 2.33. The maximum atomic E-state index is 11.1. The van der Waals surface area contributed by atoms with Crippen molar-refractivity contribution in [2.75, 3.05) is 13.1 Å². The van der Waals surface area contributed by atoms with Crippen LogP contribution in [0, 0.1) is 0 Å². The van der Waals surface area contributed by atoms with Crippen LogP contribution in [0.4, 0.5) is 0 Å². The second-order valence-electron chi connectivity index (χ2n) is 6.49. The molecule has 2 aromatic carbocycles. The van der Waals surface area contributed by atoms with E-state index in [1.165, 1.54) is 5.56 Å². The number of hydrogen-bond donors (Lipinski definition) is 2. The van der Waals surface area contributed by atoms with E-state index in [1.54, 1.807) is 0 Å². The van der Waals surface area contributed by atoms with E-state index in [0.717, 1.165) is 30.5 Å². The van der Waals surface area contributed by atoms with Crippen molar-refractivity contribution in [3.8, 4) is 11.1 Å². The molecule has 0 amide bonds. The second-order valence-corrected chi connectivity index (χ2v) is 6.49. The molecule has 2 aliphatic heterocycles. The first-order valence-electron chi connectivity index (χ1n) is 8.11. The molecule has 2 atom stereocenters. The van der Waals surface area contributed by atoms with Crippen molar-refractivity contribution < 1.29 is 5.11 Å². The summed E-state index contributed by atoms with van der Waals surface area (Å²) in [7, 11) is 0. The molecular weight excluding hydrogens is 286 g/mol. The highest BCUT2D eigenvalue weighted by Crippen LogP contribution is 2.36. The fourth-order valence-electron chi connectivity index (χ4n) is 3.64. The Kier molecular flexibility index (Phi) is 3.34. The molecule has 1 fully saturated rings. The smallest absolute Gasteiger partial charge is 0.191 e. The topological polar surface area (TPSA) is 61.9 Å². The number of aliphatic imine (C=N–C) groups is 1. The molecule has 4 rings (SSSR count). The molecule has 23 heavy (non-hydrogen) atoms. The minimum absolute atomic E-state index is 0.360. The largest absolute Gasteiger partial charge is 0.383 e. The van der Waals surface area contributed by atoms with E-state index < -0.39 is 5.60 Å². The van der Waals surface area contributed by atoms with E-state index in [4.69, 9.17) is 5.73 Å². The summed E-state index contributed by atoms with van der Waals surface area (Å²) in [4.78, 5) is 6.35. The van der Waals surface area contributed by atoms with Gasteiger partial charge >= 0.3 is 0 Å². The Bertz CT molecular complexity index is 726. The van der Waals surface area contributed by atoms with Crippen molar-refractivity contribution in [1.29, 1.82) is 0 Å². The highest BCUT2D eigenvalue weighted by Gasteiger charge is 2.41. The highest BCUT2D eigenvalue weighted by molar-refractivity contribution is 5.80. The zero-order valence-corrected chi connectivity index (χ0v) is 13.0. The van der Waals surface area contributed by atoms with Crippen LogP contribution >= 0.6 is 0 Å². The lowest BCUT2D eigenvalue weighted by Gasteiger charge is -2.42. The van der Waals surface area contributed by atoms with Crippen molar-refractivity contribution in [3.63, 3.8) is 0 Å². The SMILES string of the molecule is NC1=NCC2CCC(O)(c3ccc(-c4ccccc4)cc3)CN12. The average molecular weight is 307 g/mol. The van der Waals surface area contributed by atoms with Crippen LogP contribution in [-0.4, -0.2) is 35.1 Å². The quantitative estimate of drug-likeness (QED) is 0.895. The molecule has 0 saturated carbocycles. The van der Waals surface area contributed by atoms with Crippen molar-refractivity contribution in [1.82, 2.24) is 4.90 Å². The summed E-state index contributed by atoms with van der Waals surface area (Å²) < 4.78 is 0. The Balaban J connectivity index is 1.59. The first kappa shape index (κ1) is 14.3. The van der Waals surface area contributed by atoms with Crippen LogP contribution in [0.3, 0.4) is 0 Å². The highest BCUT2D eigenvalue weighted by atomic mass is 16.3. The summed E-state index contributed by atoms with van der Waals surface area (Å²) in [5.74, 6) is 0.564. The van der Waals surface area contributed by atoms with Gasteiger partial charge in [0.1, 0.15) is 5.60 Å². The van der Waals surface area contributed by atoms with Crippen molar-refractivity contribution in [2.45, 2.75) is 24.5 Å². The molecule has 0 aliphatic carbocycles. The molecule has 0 radical (unpaired) electrons. The lowest BCUT2D eigenvalue weighted by atomic mass is 9.83. The number of nitrogens with zero attached hydrogens (tertiary/aromatic N) is 2. The molecule has 118 valence electrons. The van der Waals surface area contributed by atoms with Gasteiger partial charge in [0.05, 0.1) is 19.1 Å². The molecule has 4 heteroatoms. The molecule has 0 aromatic heterocycles. The Morgan fingerprint density at radius 1 is 1.04 bits per heavy atom. The van der Waals surface area contributed by atoms with Gasteiger partial charge in [0.2, 0.25) is 0 Å².